The van der Waals surface area contributed by atoms with Gasteiger partial charge in [0.15, 0.2) is 0 Å². The van der Waals surface area contributed by atoms with Crippen molar-refractivity contribution in [2.24, 2.45) is 5.92 Å². The van der Waals surface area contributed by atoms with Crippen molar-refractivity contribution >= 4 is 23.6 Å². The first-order chi connectivity index (χ1) is 16.7. The van der Waals surface area contributed by atoms with Gasteiger partial charge in [-0.15, -0.1) is 0 Å². The Morgan fingerprint density at radius 2 is 1.66 bits per heavy atom. The minimum absolute atomic E-state index is 0.159. The zero-order chi connectivity index (χ0) is 25.7. The highest BCUT2D eigenvalue weighted by Gasteiger charge is 2.42. The zero-order valence-electron chi connectivity index (χ0n) is 20.7. The van der Waals surface area contributed by atoms with Crippen molar-refractivity contribution in [2.75, 3.05) is 13.7 Å². The topological polar surface area (TPSA) is 137 Å². The van der Waals surface area contributed by atoms with E-state index < -0.39 is 48.0 Å². The third kappa shape index (κ3) is 6.11. The van der Waals surface area contributed by atoms with Gasteiger partial charge in [-0.3, -0.25) is 19.2 Å². The Bertz CT molecular complexity index is 934. The Morgan fingerprint density at radius 1 is 1.00 bits per heavy atom. The number of carbonyl (C=O) groups is 4. The quantitative estimate of drug-likeness (QED) is 0.449. The molecule has 4 amide bonds. The molecule has 35 heavy (non-hydrogen) atoms. The average molecular weight is 489 g/mol. The monoisotopic (exact) mass is 488 g/mol. The Balaban J connectivity index is 1.95. The molecule has 0 aliphatic carbocycles. The Labute approximate surface area is 205 Å². The van der Waals surface area contributed by atoms with E-state index in [0.717, 1.165) is 5.56 Å². The molecule has 0 aromatic heterocycles. The number of fused-ring (bicyclic) bond motifs is 1. The molecule has 1 aromatic carbocycles. The predicted molar refractivity (Wildman–Crippen MR) is 128 cm³/mol. The summed E-state index contributed by atoms with van der Waals surface area (Å²) < 4.78 is 5.17. The zero-order valence-corrected chi connectivity index (χ0v) is 20.7. The molecule has 10 heteroatoms. The van der Waals surface area contributed by atoms with E-state index in [1.54, 1.807) is 31.4 Å². The molecule has 0 unspecified atom stereocenters. The maximum absolute atomic E-state index is 13.5. The van der Waals surface area contributed by atoms with E-state index in [1.807, 2.05) is 13.8 Å². The van der Waals surface area contributed by atoms with Crippen LogP contribution in [0, 0.1) is 5.92 Å². The van der Waals surface area contributed by atoms with E-state index in [4.69, 9.17) is 4.74 Å². The highest BCUT2D eigenvalue weighted by Crippen LogP contribution is 2.22. The molecule has 2 aliphatic rings. The Morgan fingerprint density at radius 3 is 2.26 bits per heavy atom. The number of hydrogen-bond acceptors (Lipinski definition) is 6. The van der Waals surface area contributed by atoms with Crippen LogP contribution in [-0.4, -0.2) is 77.6 Å². The number of benzene rings is 1. The fraction of sp³-hybridized carbons (Fsp3) is 0.600. The number of methoxy groups -OCH3 is 1. The van der Waals surface area contributed by atoms with Gasteiger partial charge in [0.1, 0.15) is 29.9 Å². The smallest absolute Gasteiger partial charge is 0.246 e. The lowest BCUT2D eigenvalue weighted by Gasteiger charge is -2.34. The van der Waals surface area contributed by atoms with E-state index >= 15 is 0 Å². The number of nitrogens with one attached hydrogen (secondary N) is 3. The number of amides is 4. The summed E-state index contributed by atoms with van der Waals surface area (Å²) in [6, 6.07) is 3.20. The molecular formula is C25H36N4O6. The minimum Gasteiger partial charge on any atom is -0.497 e. The fourth-order valence-corrected chi connectivity index (χ4v) is 4.54. The molecule has 3 rings (SSSR count). The van der Waals surface area contributed by atoms with Gasteiger partial charge in [0.2, 0.25) is 23.6 Å². The van der Waals surface area contributed by atoms with E-state index in [2.05, 4.69) is 16.0 Å². The first-order valence-electron chi connectivity index (χ1n) is 12.2. The Hall–Kier alpha value is -3.14. The van der Waals surface area contributed by atoms with Gasteiger partial charge >= 0.3 is 0 Å². The summed E-state index contributed by atoms with van der Waals surface area (Å²) in [6.45, 7) is 5.55. The van der Waals surface area contributed by atoms with Crippen molar-refractivity contribution in [1.82, 2.24) is 20.9 Å². The molecule has 0 radical (unpaired) electrons. The number of rotatable bonds is 6. The van der Waals surface area contributed by atoms with Crippen LogP contribution < -0.4 is 20.7 Å². The van der Waals surface area contributed by atoms with Crippen molar-refractivity contribution in [3.8, 4) is 5.75 Å². The minimum atomic E-state index is -1.29. The Kier molecular flexibility index (Phi) is 8.71. The van der Waals surface area contributed by atoms with Crippen LogP contribution in [0.15, 0.2) is 24.3 Å². The first-order valence-corrected chi connectivity index (χ1v) is 12.2. The van der Waals surface area contributed by atoms with Gasteiger partial charge in [-0.2, -0.15) is 0 Å². The first kappa shape index (κ1) is 26.5. The number of carbonyl (C=O) groups excluding carboxylic acids is 4. The molecule has 2 fully saturated rings. The normalized spacial score (nSPS) is 27.5. The highest BCUT2D eigenvalue weighted by molar-refractivity contribution is 5.98. The fourth-order valence-electron chi connectivity index (χ4n) is 4.54. The lowest BCUT2D eigenvalue weighted by molar-refractivity contribution is -0.145. The summed E-state index contributed by atoms with van der Waals surface area (Å²) in [5, 5.41) is 18.4. The molecule has 192 valence electrons. The van der Waals surface area contributed by atoms with Crippen molar-refractivity contribution in [3.05, 3.63) is 29.8 Å². The van der Waals surface area contributed by atoms with Gasteiger partial charge in [-0.1, -0.05) is 32.4 Å². The van der Waals surface area contributed by atoms with Crippen LogP contribution >= 0.6 is 0 Å². The van der Waals surface area contributed by atoms with Crippen LogP contribution in [-0.2, 0) is 25.6 Å². The van der Waals surface area contributed by atoms with E-state index in [9.17, 15) is 24.3 Å². The van der Waals surface area contributed by atoms with Gasteiger partial charge < -0.3 is 30.7 Å². The second-order valence-corrected chi connectivity index (χ2v) is 9.40. The summed E-state index contributed by atoms with van der Waals surface area (Å²) in [5.41, 5.74) is 0.771. The van der Waals surface area contributed by atoms with Crippen LogP contribution in [0.5, 0.6) is 5.75 Å². The van der Waals surface area contributed by atoms with Gasteiger partial charge in [-0.25, -0.2) is 0 Å². The third-order valence-corrected chi connectivity index (χ3v) is 6.91. The van der Waals surface area contributed by atoms with Crippen LogP contribution in [0.3, 0.4) is 0 Å². The third-order valence-electron chi connectivity index (χ3n) is 6.91. The maximum Gasteiger partial charge on any atom is 0.246 e. The molecule has 10 nitrogen and oxygen atoms in total. The van der Waals surface area contributed by atoms with Crippen LogP contribution in [0.1, 0.15) is 45.6 Å². The molecule has 2 heterocycles. The number of hydrogen-bond donors (Lipinski definition) is 4. The number of aliphatic hydroxyl groups is 1. The summed E-state index contributed by atoms with van der Waals surface area (Å²) in [6.07, 6.45) is 0.692. The SMILES string of the molecule is CC[C@H](C)[C@@H]1NC(=O)[C@H]([C@@H](C)O)NC(=O)[C@H](Cc2ccc(OC)cc2)NC(=O)[C@@H]2CCCN2C1=O. The van der Waals surface area contributed by atoms with Crippen LogP contribution in [0.2, 0.25) is 0 Å². The van der Waals surface area contributed by atoms with E-state index in [0.29, 0.717) is 31.6 Å². The largest absolute Gasteiger partial charge is 0.497 e. The lowest BCUT2D eigenvalue weighted by atomic mass is 9.96. The molecule has 6 atom stereocenters. The summed E-state index contributed by atoms with van der Waals surface area (Å²) >= 11 is 0. The standard InChI is InChI=1S/C25H36N4O6/c1-5-14(2)20-25(34)29-12-6-7-19(29)23(32)26-18(13-16-8-10-17(35-4)11-9-16)22(31)28-21(15(3)30)24(33)27-20/h8-11,14-15,18-21,30H,5-7,12-13H2,1-4H3,(H,26,32)(H,27,33)(H,28,31)/t14-,15+,18-,19-,20-,21-/m0/s1. The van der Waals surface area contributed by atoms with E-state index in [1.165, 1.54) is 11.8 Å². The number of aliphatic hydroxyl groups excluding tert-OH is 1. The molecule has 4 N–H and O–H groups in total. The van der Waals surface area contributed by atoms with E-state index in [-0.39, 0.29) is 18.2 Å². The molecular weight excluding hydrogens is 452 g/mol. The number of nitrogens with zero attached hydrogens (tertiary/aromatic N) is 1. The molecule has 0 saturated carbocycles. The van der Waals surface area contributed by atoms with Crippen LogP contribution in [0.25, 0.3) is 0 Å². The van der Waals surface area contributed by atoms with Crippen molar-refractivity contribution < 1.29 is 29.0 Å². The molecule has 0 bridgehead atoms. The average Bonchev–Trinajstić information content (AvgIpc) is 3.34. The van der Waals surface area contributed by atoms with Gasteiger partial charge in [0.25, 0.3) is 0 Å². The highest BCUT2D eigenvalue weighted by atomic mass is 16.5. The van der Waals surface area contributed by atoms with Crippen molar-refractivity contribution in [3.63, 3.8) is 0 Å². The summed E-state index contributed by atoms with van der Waals surface area (Å²) in [4.78, 5) is 54.7. The van der Waals surface area contributed by atoms with Gasteiger partial charge in [0.05, 0.1) is 13.2 Å². The molecule has 2 saturated heterocycles. The lowest BCUT2D eigenvalue weighted by Crippen LogP contribution is -2.64. The van der Waals surface area contributed by atoms with Crippen molar-refractivity contribution in [1.29, 1.82) is 0 Å². The van der Waals surface area contributed by atoms with Crippen molar-refractivity contribution in [2.45, 2.75) is 76.7 Å². The second kappa shape index (κ2) is 11.5. The van der Waals surface area contributed by atoms with Gasteiger partial charge in [-0.05, 0) is 43.4 Å². The second-order valence-electron chi connectivity index (χ2n) is 9.40. The molecule has 1 aromatic rings. The summed E-state index contributed by atoms with van der Waals surface area (Å²) in [5.74, 6) is -1.51. The maximum atomic E-state index is 13.5. The predicted octanol–water partition coefficient (Wildman–Crippen LogP) is 0.124. The number of ether oxygens (including phenoxy) is 1. The van der Waals surface area contributed by atoms with Crippen LogP contribution in [0.4, 0.5) is 0 Å². The summed E-state index contributed by atoms with van der Waals surface area (Å²) in [7, 11) is 1.55. The molecule has 2 aliphatic heterocycles. The molecule has 0 spiro atoms. The van der Waals surface area contributed by atoms with Gasteiger partial charge in [0, 0.05) is 13.0 Å².